The minimum absolute atomic E-state index is 0.154. The molecule has 6 heteroatoms. The molecule has 33 heavy (non-hydrogen) atoms. The lowest BCUT2D eigenvalue weighted by atomic mass is 10.1. The molecular weight excluding hydrogens is 412 g/mol. The van der Waals surface area contributed by atoms with Crippen LogP contribution in [0.2, 0.25) is 0 Å². The maximum absolute atomic E-state index is 13.1. The number of benzene rings is 3. The summed E-state index contributed by atoms with van der Waals surface area (Å²) in [6.45, 7) is 6.35. The average Bonchev–Trinajstić information content (AvgIpc) is 3.35. The number of hydrogen-bond donors (Lipinski definition) is 3. The van der Waals surface area contributed by atoms with Crippen molar-refractivity contribution in [2.45, 2.75) is 33.2 Å². The largest absolute Gasteiger partial charge is 0.371 e. The summed E-state index contributed by atoms with van der Waals surface area (Å²) >= 11 is 0. The highest BCUT2D eigenvalue weighted by molar-refractivity contribution is 6.04. The topological polar surface area (TPSA) is 73.5 Å². The van der Waals surface area contributed by atoms with Crippen molar-refractivity contribution in [3.05, 3.63) is 89.0 Å². The van der Waals surface area contributed by atoms with Gasteiger partial charge >= 0.3 is 6.03 Å². The number of urea groups is 1. The van der Waals surface area contributed by atoms with E-state index in [1.807, 2.05) is 74.5 Å². The molecule has 0 bridgehead atoms. The zero-order chi connectivity index (χ0) is 23.2. The summed E-state index contributed by atoms with van der Waals surface area (Å²) in [6.07, 6.45) is 2.23. The van der Waals surface area contributed by atoms with Crippen molar-refractivity contribution in [2.24, 2.45) is 0 Å². The highest BCUT2D eigenvalue weighted by atomic mass is 16.2. The van der Waals surface area contributed by atoms with Gasteiger partial charge in [-0.15, -0.1) is 0 Å². The molecular formula is C27H30N4O2. The van der Waals surface area contributed by atoms with Gasteiger partial charge in [-0.25, -0.2) is 4.79 Å². The van der Waals surface area contributed by atoms with E-state index < -0.39 is 0 Å². The molecule has 3 aromatic carbocycles. The molecule has 0 radical (unpaired) electrons. The second-order valence-corrected chi connectivity index (χ2v) is 8.47. The van der Waals surface area contributed by atoms with E-state index in [0.717, 1.165) is 48.4 Å². The summed E-state index contributed by atoms with van der Waals surface area (Å²) < 4.78 is 0. The lowest BCUT2D eigenvalue weighted by Crippen LogP contribution is -2.27. The van der Waals surface area contributed by atoms with Crippen LogP contribution in [0.3, 0.4) is 0 Å². The zero-order valence-corrected chi connectivity index (χ0v) is 19.2. The summed E-state index contributed by atoms with van der Waals surface area (Å²) in [4.78, 5) is 27.9. The average molecular weight is 443 g/mol. The number of carbonyl (C=O) groups excluding carboxylic acids is 2. The van der Waals surface area contributed by atoms with E-state index in [1.165, 1.54) is 5.56 Å². The Kier molecular flexibility index (Phi) is 6.93. The van der Waals surface area contributed by atoms with Gasteiger partial charge in [-0.3, -0.25) is 4.79 Å². The smallest absolute Gasteiger partial charge is 0.323 e. The van der Waals surface area contributed by atoms with Gasteiger partial charge in [0.25, 0.3) is 5.91 Å². The molecule has 6 nitrogen and oxygen atoms in total. The van der Waals surface area contributed by atoms with Crippen molar-refractivity contribution >= 4 is 29.0 Å². The van der Waals surface area contributed by atoms with Crippen LogP contribution < -0.4 is 20.9 Å². The van der Waals surface area contributed by atoms with Gasteiger partial charge in [0.05, 0.1) is 5.56 Å². The Labute approximate surface area is 195 Å². The lowest BCUT2D eigenvalue weighted by Gasteiger charge is -2.22. The number of anilines is 3. The molecule has 0 spiro atoms. The van der Waals surface area contributed by atoms with Crippen LogP contribution in [0.1, 0.15) is 39.9 Å². The second-order valence-electron chi connectivity index (χ2n) is 8.47. The molecule has 0 unspecified atom stereocenters. The van der Waals surface area contributed by atoms with Crippen molar-refractivity contribution in [1.82, 2.24) is 5.32 Å². The number of hydrogen-bond acceptors (Lipinski definition) is 3. The lowest BCUT2D eigenvalue weighted by molar-refractivity contribution is 0.0951. The first-order chi connectivity index (χ1) is 16.0. The van der Waals surface area contributed by atoms with Gasteiger partial charge < -0.3 is 20.9 Å². The SMILES string of the molecule is Cc1ccc(NC(=O)Nc2ccc(N3CCCC3)c(C(=O)NCc3ccccc3)c2)cc1C. The first-order valence-electron chi connectivity index (χ1n) is 11.4. The van der Waals surface area contributed by atoms with Gasteiger partial charge in [0.15, 0.2) is 0 Å². The number of carbonyl (C=O) groups is 2. The van der Waals surface area contributed by atoms with Crippen LogP contribution >= 0.6 is 0 Å². The Bertz CT molecular complexity index is 1140. The van der Waals surface area contributed by atoms with E-state index in [9.17, 15) is 9.59 Å². The fraction of sp³-hybridized carbons (Fsp3) is 0.259. The molecule has 4 rings (SSSR count). The molecule has 1 aliphatic rings. The van der Waals surface area contributed by atoms with Gasteiger partial charge in [0, 0.05) is 36.7 Å². The predicted molar refractivity (Wildman–Crippen MR) is 134 cm³/mol. The molecule has 0 aliphatic carbocycles. The van der Waals surface area contributed by atoms with E-state index in [2.05, 4.69) is 20.9 Å². The molecule has 0 atom stereocenters. The van der Waals surface area contributed by atoms with Crippen LogP contribution in [0.4, 0.5) is 21.9 Å². The molecule has 0 saturated carbocycles. The number of amides is 3. The standard InChI is InChI=1S/C27H30N4O2/c1-19-10-11-22(16-20(19)2)29-27(33)30-23-12-13-25(31-14-6-7-15-31)24(17-23)26(32)28-18-21-8-4-3-5-9-21/h3-5,8-13,16-17H,6-7,14-15,18H2,1-2H3,(H,28,32)(H2,29,30,33). The Morgan fingerprint density at radius 2 is 1.48 bits per heavy atom. The molecule has 0 aromatic heterocycles. The summed E-state index contributed by atoms with van der Waals surface area (Å²) in [5, 5.41) is 8.74. The maximum Gasteiger partial charge on any atom is 0.323 e. The number of rotatable bonds is 6. The molecule has 1 fully saturated rings. The van der Waals surface area contributed by atoms with Crippen LogP contribution in [0.25, 0.3) is 0 Å². The highest BCUT2D eigenvalue weighted by Gasteiger charge is 2.20. The van der Waals surface area contributed by atoms with E-state index in [4.69, 9.17) is 0 Å². The predicted octanol–water partition coefficient (Wildman–Crippen LogP) is 5.48. The first kappa shape index (κ1) is 22.4. The monoisotopic (exact) mass is 442 g/mol. The van der Waals surface area contributed by atoms with Gasteiger partial charge in [-0.05, 0) is 73.7 Å². The normalized spacial score (nSPS) is 13.0. The Hall–Kier alpha value is -3.80. The number of aryl methyl sites for hydroxylation is 2. The number of nitrogens with one attached hydrogen (secondary N) is 3. The number of nitrogens with zero attached hydrogens (tertiary/aromatic N) is 1. The Morgan fingerprint density at radius 1 is 0.818 bits per heavy atom. The van der Waals surface area contributed by atoms with Crippen molar-refractivity contribution in [2.75, 3.05) is 28.6 Å². The summed E-state index contributed by atoms with van der Waals surface area (Å²) in [5.74, 6) is -0.154. The summed E-state index contributed by atoms with van der Waals surface area (Å²) in [6, 6.07) is 20.8. The first-order valence-corrected chi connectivity index (χ1v) is 11.4. The van der Waals surface area contributed by atoms with Crippen LogP contribution in [0.15, 0.2) is 66.7 Å². The molecule has 3 N–H and O–H groups in total. The zero-order valence-electron chi connectivity index (χ0n) is 19.2. The third kappa shape index (κ3) is 5.71. The quantitative estimate of drug-likeness (QED) is 0.473. The molecule has 1 aliphatic heterocycles. The Morgan fingerprint density at radius 3 is 2.18 bits per heavy atom. The van der Waals surface area contributed by atoms with E-state index in [0.29, 0.717) is 17.8 Å². The van der Waals surface area contributed by atoms with E-state index >= 15 is 0 Å². The van der Waals surface area contributed by atoms with E-state index in [-0.39, 0.29) is 11.9 Å². The van der Waals surface area contributed by atoms with Crippen molar-refractivity contribution < 1.29 is 9.59 Å². The fourth-order valence-electron chi connectivity index (χ4n) is 4.02. The van der Waals surface area contributed by atoms with Crippen molar-refractivity contribution in [3.63, 3.8) is 0 Å². The summed E-state index contributed by atoms with van der Waals surface area (Å²) in [7, 11) is 0. The van der Waals surface area contributed by atoms with Gasteiger partial charge in [0.2, 0.25) is 0 Å². The molecule has 1 saturated heterocycles. The third-order valence-electron chi connectivity index (χ3n) is 6.01. The van der Waals surface area contributed by atoms with Crippen molar-refractivity contribution in [3.8, 4) is 0 Å². The van der Waals surface area contributed by atoms with Crippen molar-refractivity contribution in [1.29, 1.82) is 0 Å². The molecule has 1 heterocycles. The van der Waals surface area contributed by atoms with Crippen LogP contribution in [0, 0.1) is 13.8 Å². The van der Waals surface area contributed by atoms with Crippen LogP contribution in [-0.2, 0) is 6.54 Å². The minimum atomic E-state index is -0.345. The van der Waals surface area contributed by atoms with Gasteiger partial charge in [0.1, 0.15) is 0 Å². The van der Waals surface area contributed by atoms with Gasteiger partial charge in [-0.1, -0.05) is 36.4 Å². The highest BCUT2D eigenvalue weighted by Crippen LogP contribution is 2.28. The molecule has 3 amide bonds. The maximum atomic E-state index is 13.1. The molecule has 170 valence electrons. The second kappa shape index (κ2) is 10.2. The third-order valence-corrected chi connectivity index (χ3v) is 6.01. The van der Waals surface area contributed by atoms with Crippen LogP contribution in [0.5, 0.6) is 0 Å². The Balaban J connectivity index is 1.50. The summed E-state index contributed by atoms with van der Waals surface area (Å²) in [5.41, 5.74) is 6.09. The fourth-order valence-corrected chi connectivity index (χ4v) is 4.02. The van der Waals surface area contributed by atoms with E-state index in [1.54, 1.807) is 6.07 Å². The van der Waals surface area contributed by atoms with Gasteiger partial charge in [-0.2, -0.15) is 0 Å². The van der Waals surface area contributed by atoms with Crippen LogP contribution in [-0.4, -0.2) is 25.0 Å². The minimum Gasteiger partial charge on any atom is -0.371 e. The molecule has 3 aromatic rings.